The molecule has 1 rings (SSSR count). The summed E-state index contributed by atoms with van der Waals surface area (Å²) in [6.45, 7) is 0. The van der Waals surface area contributed by atoms with Crippen LogP contribution in [-0.2, 0) is 9.53 Å². The molecule has 1 atom stereocenters. The summed E-state index contributed by atoms with van der Waals surface area (Å²) < 4.78 is 31.2. The SMILES string of the molecule is COC(=O)CC1CCCCC#CC1(F)F. The maximum Gasteiger partial charge on any atom is 0.311 e. The van der Waals surface area contributed by atoms with Crippen LogP contribution in [0.15, 0.2) is 0 Å². The molecule has 1 unspecified atom stereocenters. The second-order valence-electron chi connectivity index (χ2n) is 3.65. The number of methoxy groups -OCH3 is 1. The minimum Gasteiger partial charge on any atom is -0.469 e. The lowest BCUT2D eigenvalue weighted by Crippen LogP contribution is -2.29. The van der Waals surface area contributed by atoms with Gasteiger partial charge < -0.3 is 4.74 Å². The molecule has 0 amide bonds. The quantitative estimate of drug-likeness (QED) is 0.523. The third-order valence-electron chi connectivity index (χ3n) is 2.51. The van der Waals surface area contributed by atoms with Crippen LogP contribution in [0.3, 0.4) is 0 Å². The lowest BCUT2D eigenvalue weighted by atomic mass is 9.90. The lowest BCUT2D eigenvalue weighted by Gasteiger charge is -2.22. The van der Waals surface area contributed by atoms with Gasteiger partial charge in [0.15, 0.2) is 0 Å². The number of esters is 1. The summed E-state index contributed by atoms with van der Waals surface area (Å²) >= 11 is 0. The number of carbonyl (C=O) groups excluding carboxylic acids is 1. The molecule has 0 spiro atoms. The van der Waals surface area contributed by atoms with E-state index in [1.165, 1.54) is 7.11 Å². The molecule has 0 aromatic carbocycles. The Labute approximate surface area is 88.0 Å². The molecular weight excluding hydrogens is 202 g/mol. The summed E-state index contributed by atoms with van der Waals surface area (Å²) in [5.41, 5.74) is 0. The molecule has 15 heavy (non-hydrogen) atoms. The highest BCUT2D eigenvalue weighted by molar-refractivity contribution is 5.69. The van der Waals surface area contributed by atoms with Gasteiger partial charge in [0.1, 0.15) is 0 Å². The first kappa shape index (κ1) is 12.0. The van der Waals surface area contributed by atoms with Gasteiger partial charge in [0.25, 0.3) is 0 Å². The van der Waals surface area contributed by atoms with Crippen LogP contribution in [-0.4, -0.2) is 19.0 Å². The van der Waals surface area contributed by atoms with Crippen LogP contribution in [0.1, 0.15) is 32.1 Å². The molecule has 0 aliphatic heterocycles. The topological polar surface area (TPSA) is 26.3 Å². The van der Waals surface area contributed by atoms with Crippen LogP contribution in [0.2, 0.25) is 0 Å². The molecule has 0 fully saturated rings. The number of ether oxygens (including phenoxy) is 1. The number of rotatable bonds is 2. The number of carbonyl (C=O) groups is 1. The highest BCUT2D eigenvalue weighted by atomic mass is 19.3. The fraction of sp³-hybridized carbons (Fsp3) is 0.727. The van der Waals surface area contributed by atoms with E-state index >= 15 is 0 Å². The minimum atomic E-state index is -3.06. The third kappa shape index (κ3) is 3.50. The van der Waals surface area contributed by atoms with Crippen molar-refractivity contribution in [1.29, 1.82) is 0 Å². The van der Waals surface area contributed by atoms with Gasteiger partial charge in [-0.1, -0.05) is 12.3 Å². The summed E-state index contributed by atoms with van der Waals surface area (Å²) in [7, 11) is 1.20. The van der Waals surface area contributed by atoms with Gasteiger partial charge in [-0.15, -0.1) is 0 Å². The van der Waals surface area contributed by atoms with Crippen molar-refractivity contribution in [2.45, 2.75) is 38.0 Å². The Bertz CT molecular complexity index is 289. The van der Waals surface area contributed by atoms with Gasteiger partial charge in [-0.05, 0) is 18.8 Å². The second kappa shape index (κ2) is 5.11. The zero-order valence-electron chi connectivity index (χ0n) is 8.69. The Morgan fingerprint density at radius 1 is 1.53 bits per heavy atom. The predicted molar refractivity (Wildman–Crippen MR) is 51.3 cm³/mol. The van der Waals surface area contributed by atoms with Crippen molar-refractivity contribution >= 4 is 5.97 Å². The molecule has 0 heterocycles. The largest absolute Gasteiger partial charge is 0.469 e. The van der Waals surface area contributed by atoms with Crippen molar-refractivity contribution in [2.24, 2.45) is 5.92 Å². The summed E-state index contributed by atoms with van der Waals surface area (Å²) in [5, 5.41) is 0. The summed E-state index contributed by atoms with van der Waals surface area (Å²) in [4.78, 5) is 11.0. The molecular formula is C11H14F2O2. The molecule has 0 aromatic heterocycles. The Balaban J connectivity index is 2.72. The highest BCUT2D eigenvalue weighted by Gasteiger charge is 2.39. The zero-order chi connectivity index (χ0) is 11.3. The molecule has 0 N–H and O–H groups in total. The molecule has 2 nitrogen and oxygen atoms in total. The monoisotopic (exact) mass is 216 g/mol. The first-order valence-electron chi connectivity index (χ1n) is 5.01. The Kier molecular flexibility index (Phi) is 4.07. The van der Waals surface area contributed by atoms with Crippen molar-refractivity contribution < 1.29 is 18.3 Å². The van der Waals surface area contributed by atoms with Gasteiger partial charge in [-0.25, -0.2) is 0 Å². The maximum atomic E-state index is 13.4. The number of halogens is 2. The summed E-state index contributed by atoms with van der Waals surface area (Å²) in [5.74, 6) is -0.262. The molecule has 0 aromatic rings. The molecule has 0 saturated heterocycles. The van der Waals surface area contributed by atoms with E-state index in [0.29, 0.717) is 19.3 Å². The zero-order valence-corrected chi connectivity index (χ0v) is 8.69. The molecule has 1 aliphatic rings. The van der Waals surface area contributed by atoms with Crippen molar-refractivity contribution in [1.82, 2.24) is 0 Å². The van der Waals surface area contributed by atoms with E-state index in [4.69, 9.17) is 0 Å². The first-order chi connectivity index (χ1) is 7.06. The van der Waals surface area contributed by atoms with E-state index in [-0.39, 0.29) is 6.42 Å². The Morgan fingerprint density at radius 3 is 2.93 bits per heavy atom. The van der Waals surface area contributed by atoms with Gasteiger partial charge in [0, 0.05) is 12.3 Å². The van der Waals surface area contributed by atoms with Crippen LogP contribution >= 0.6 is 0 Å². The third-order valence-corrected chi connectivity index (χ3v) is 2.51. The van der Waals surface area contributed by atoms with Gasteiger partial charge in [0.2, 0.25) is 0 Å². The fourth-order valence-corrected chi connectivity index (χ4v) is 1.58. The van der Waals surface area contributed by atoms with Crippen LogP contribution < -0.4 is 0 Å². The average molecular weight is 216 g/mol. The summed E-state index contributed by atoms with van der Waals surface area (Å²) in [6, 6.07) is 0. The van der Waals surface area contributed by atoms with Crippen LogP contribution in [0.25, 0.3) is 0 Å². The second-order valence-corrected chi connectivity index (χ2v) is 3.65. The predicted octanol–water partition coefficient (Wildman–Crippen LogP) is 2.38. The van der Waals surface area contributed by atoms with Crippen LogP contribution in [0.4, 0.5) is 8.78 Å². The molecule has 1 aliphatic carbocycles. The normalized spacial score (nSPS) is 24.3. The standard InChI is InChI=1S/C11H14F2O2/c1-15-10(14)8-9-6-4-2-3-5-7-11(9,12)13/h9H,2-4,6,8H2,1H3. The van der Waals surface area contributed by atoms with E-state index in [0.717, 1.165) is 6.42 Å². The molecule has 0 saturated carbocycles. The van der Waals surface area contributed by atoms with E-state index in [1.54, 1.807) is 0 Å². The number of hydrogen-bond acceptors (Lipinski definition) is 2. The number of hydrogen-bond donors (Lipinski definition) is 0. The highest BCUT2D eigenvalue weighted by Crippen LogP contribution is 2.32. The van der Waals surface area contributed by atoms with E-state index in [9.17, 15) is 13.6 Å². The van der Waals surface area contributed by atoms with Crippen molar-refractivity contribution in [3.63, 3.8) is 0 Å². The van der Waals surface area contributed by atoms with E-state index < -0.39 is 17.8 Å². The van der Waals surface area contributed by atoms with Crippen molar-refractivity contribution in [3.8, 4) is 11.8 Å². The van der Waals surface area contributed by atoms with Gasteiger partial charge in [-0.3, -0.25) is 4.79 Å². The Hall–Kier alpha value is -1.11. The van der Waals surface area contributed by atoms with Crippen LogP contribution in [0, 0.1) is 17.8 Å². The lowest BCUT2D eigenvalue weighted by molar-refractivity contribution is -0.144. The van der Waals surface area contributed by atoms with E-state index in [2.05, 4.69) is 10.7 Å². The average Bonchev–Trinajstić information content (AvgIpc) is 2.18. The molecule has 0 bridgehead atoms. The molecule has 4 heteroatoms. The molecule has 84 valence electrons. The summed E-state index contributed by atoms with van der Waals surface area (Å²) in [6.07, 6.45) is 2.10. The van der Waals surface area contributed by atoms with E-state index in [1.807, 2.05) is 5.92 Å². The van der Waals surface area contributed by atoms with Crippen molar-refractivity contribution in [2.75, 3.05) is 7.11 Å². The first-order valence-corrected chi connectivity index (χ1v) is 5.01. The van der Waals surface area contributed by atoms with Crippen molar-refractivity contribution in [3.05, 3.63) is 0 Å². The van der Waals surface area contributed by atoms with Crippen LogP contribution in [0.5, 0.6) is 0 Å². The minimum absolute atomic E-state index is 0.252. The smallest absolute Gasteiger partial charge is 0.311 e. The Morgan fingerprint density at radius 2 is 2.27 bits per heavy atom. The number of alkyl halides is 2. The maximum absolute atomic E-state index is 13.4. The van der Waals surface area contributed by atoms with Gasteiger partial charge in [-0.2, -0.15) is 8.78 Å². The fourth-order valence-electron chi connectivity index (χ4n) is 1.58. The molecule has 0 radical (unpaired) electrons. The van der Waals surface area contributed by atoms with Gasteiger partial charge in [0.05, 0.1) is 13.5 Å². The van der Waals surface area contributed by atoms with Gasteiger partial charge >= 0.3 is 11.9 Å².